The van der Waals surface area contributed by atoms with Crippen LogP contribution in [0.3, 0.4) is 0 Å². The zero-order valence-corrected chi connectivity index (χ0v) is 11.8. The topological polar surface area (TPSA) is 15.3 Å². The van der Waals surface area contributed by atoms with Crippen molar-refractivity contribution in [1.82, 2.24) is 10.2 Å². The van der Waals surface area contributed by atoms with Gasteiger partial charge in [0.2, 0.25) is 0 Å². The molecule has 1 aliphatic heterocycles. The van der Waals surface area contributed by atoms with E-state index in [1.807, 2.05) is 6.07 Å². The van der Waals surface area contributed by atoms with E-state index in [4.69, 9.17) is 11.6 Å². The highest BCUT2D eigenvalue weighted by molar-refractivity contribution is 7.16. The third-order valence-corrected chi connectivity index (χ3v) is 5.41. The second-order valence-corrected chi connectivity index (χ2v) is 7.24. The van der Waals surface area contributed by atoms with Gasteiger partial charge in [0, 0.05) is 36.6 Å². The van der Waals surface area contributed by atoms with Crippen molar-refractivity contribution in [3.05, 3.63) is 21.3 Å². The third-order valence-electron chi connectivity index (χ3n) is 4.20. The molecule has 1 N–H and O–H groups in total. The van der Waals surface area contributed by atoms with E-state index in [-0.39, 0.29) is 0 Å². The predicted molar refractivity (Wildman–Crippen MR) is 73.7 cm³/mol. The number of hydrogen-bond donors (Lipinski definition) is 1. The maximum atomic E-state index is 6.01. The molecular weight excluding hydrogens is 252 g/mol. The van der Waals surface area contributed by atoms with Crippen molar-refractivity contribution in [3.63, 3.8) is 0 Å². The number of piperazine rings is 1. The largest absolute Gasteiger partial charge is 0.314 e. The summed E-state index contributed by atoms with van der Waals surface area (Å²) < 4.78 is 0.906. The van der Waals surface area contributed by atoms with Crippen LogP contribution in [0.15, 0.2) is 12.1 Å². The highest BCUT2D eigenvalue weighted by atomic mass is 35.5. The van der Waals surface area contributed by atoms with E-state index in [2.05, 4.69) is 23.2 Å². The SMILES string of the molecule is CC1(C2CC2)CNCCN1Cc1ccc(Cl)s1. The van der Waals surface area contributed by atoms with Gasteiger partial charge in [-0.15, -0.1) is 11.3 Å². The molecule has 2 aliphatic rings. The molecule has 1 aromatic rings. The van der Waals surface area contributed by atoms with E-state index < -0.39 is 0 Å². The fourth-order valence-electron chi connectivity index (χ4n) is 2.91. The van der Waals surface area contributed by atoms with Gasteiger partial charge in [0.15, 0.2) is 0 Å². The molecule has 0 amide bonds. The Hall–Kier alpha value is -0.0900. The summed E-state index contributed by atoms with van der Waals surface area (Å²) in [5.74, 6) is 0.894. The molecule has 1 aromatic heterocycles. The van der Waals surface area contributed by atoms with E-state index in [9.17, 15) is 0 Å². The van der Waals surface area contributed by atoms with E-state index in [0.717, 1.165) is 36.4 Å². The molecule has 1 unspecified atom stereocenters. The summed E-state index contributed by atoms with van der Waals surface area (Å²) in [5.41, 5.74) is 0.356. The lowest BCUT2D eigenvalue weighted by molar-refractivity contribution is 0.0494. The van der Waals surface area contributed by atoms with Crippen molar-refractivity contribution in [2.24, 2.45) is 5.92 Å². The first-order chi connectivity index (χ1) is 8.18. The lowest BCUT2D eigenvalue weighted by Crippen LogP contribution is -2.60. The van der Waals surface area contributed by atoms with Crippen molar-refractivity contribution < 1.29 is 0 Å². The maximum absolute atomic E-state index is 6.01. The second-order valence-electron chi connectivity index (χ2n) is 5.44. The minimum atomic E-state index is 0.356. The molecule has 0 bridgehead atoms. The Bertz CT molecular complexity index is 402. The Balaban J connectivity index is 1.75. The summed E-state index contributed by atoms with van der Waals surface area (Å²) >= 11 is 7.73. The average Bonchev–Trinajstić information content (AvgIpc) is 3.08. The molecule has 0 radical (unpaired) electrons. The average molecular weight is 271 g/mol. The second kappa shape index (κ2) is 4.54. The van der Waals surface area contributed by atoms with Gasteiger partial charge in [-0.05, 0) is 37.8 Å². The first-order valence-electron chi connectivity index (χ1n) is 6.38. The molecule has 1 saturated carbocycles. The Labute approximate surface area is 112 Å². The summed E-state index contributed by atoms with van der Waals surface area (Å²) in [6, 6.07) is 4.18. The molecule has 1 aliphatic carbocycles. The van der Waals surface area contributed by atoms with Crippen molar-refractivity contribution in [2.45, 2.75) is 31.8 Å². The minimum absolute atomic E-state index is 0.356. The van der Waals surface area contributed by atoms with Crippen LogP contribution in [0.2, 0.25) is 4.34 Å². The number of nitrogens with one attached hydrogen (secondary N) is 1. The van der Waals surface area contributed by atoms with Crippen molar-refractivity contribution in [3.8, 4) is 0 Å². The highest BCUT2D eigenvalue weighted by Crippen LogP contribution is 2.44. The normalized spacial score (nSPS) is 30.7. The number of thiophene rings is 1. The van der Waals surface area contributed by atoms with Gasteiger partial charge in [0.05, 0.1) is 4.34 Å². The van der Waals surface area contributed by atoms with Crippen molar-refractivity contribution in [1.29, 1.82) is 0 Å². The van der Waals surface area contributed by atoms with Crippen LogP contribution in [0.1, 0.15) is 24.6 Å². The van der Waals surface area contributed by atoms with Crippen LogP contribution in [-0.2, 0) is 6.54 Å². The number of hydrogen-bond acceptors (Lipinski definition) is 3. The quantitative estimate of drug-likeness (QED) is 0.909. The molecule has 2 nitrogen and oxygen atoms in total. The molecule has 17 heavy (non-hydrogen) atoms. The Morgan fingerprint density at radius 2 is 2.35 bits per heavy atom. The minimum Gasteiger partial charge on any atom is -0.314 e. The lowest BCUT2D eigenvalue weighted by atomic mass is 9.91. The van der Waals surface area contributed by atoms with E-state index in [0.29, 0.717) is 5.54 Å². The van der Waals surface area contributed by atoms with Crippen LogP contribution in [0.25, 0.3) is 0 Å². The van der Waals surface area contributed by atoms with E-state index >= 15 is 0 Å². The van der Waals surface area contributed by atoms with Crippen LogP contribution in [-0.4, -0.2) is 30.1 Å². The lowest BCUT2D eigenvalue weighted by Gasteiger charge is -2.45. The predicted octanol–water partition coefficient (Wildman–Crippen LogP) is 2.98. The third kappa shape index (κ3) is 2.39. The smallest absolute Gasteiger partial charge is 0.0931 e. The monoisotopic (exact) mass is 270 g/mol. The summed E-state index contributed by atoms with van der Waals surface area (Å²) in [4.78, 5) is 4.05. The molecule has 0 spiro atoms. The van der Waals surface area contributed by atoms with Gasteiger partial charge >= 0.3 is 0 Å². The van der Waals surface area contributed by atoms with Crippen molar-refractivity contribution >= 4 is 22.9 Å². The summed E-state index contributed by atoms with van der Waals surface area (Å²) in [5, 5.41) is 3.55. The summed E-state index contributed by atoms with van der Waals surface area (Å²) in [7, 11) is 0. The zero-order valence-electron chi connectivity index (χ0n) is 10.2. The van der Waals surface area contributed by atoms with Crippen molar-refractivity contribution in [2.75, 3.05) is 19.6 Å². The van der Waals surface area contributed by atoms with Crippen LogP contribution < -0.4 is 5.32 Å². The van der Waals surface area contributed by atoms with Crippen LogP contribution in [0.5, 0.6) is 0 Å². The van der Waals surface area contributed by atoms with Gasteiger partial charge in [-0.25, -0.2) is 0 Å². The fourth-order valence-corrected chi connectivity index (χ4v) is 4.02. The number of nitrogens with zero attached hydrogens (tertiary/aromatic N) is 1. The summed E-state index contributed by atoms with van der Waals surface area (Å²) in [6.07, 6.45) is 2.81. The molecule has 1 saturated heterocycles. The number of halogens is 1. The van der Waals surface area contributed by atoms with E-state index in [1.54, 1.807) is 11.3 Å². The molecule has 2 fully saturated rings. The standard InChI is InChI=1S/C13H19ClN2S/c1-13(10-2-3-10)9-15-6-7-16(13)8-11-4-5-12(14)17-11/h4-5,10,15H,2-3,6-9H2,1H3. The molecule has 4 heteroatoms. The van der Waals surface area contributed by atoms with Gasteiger partial charge in [-0.1, -0.05) is 11.6 Å². The first kappa shape index (κ1) is 12.0. The van der Waals surface area contributed by atoms with Gasteiger partial charge < -0.3 is 5.32 Å². The Morgan fingerprint density at radius 1 is 1.53 bits per heavy atom. The van der Waals surface area contributed by atoms with Gasteiger partial charge in [-0.2, -0.15) is 0 Å². The maximum Gasteiger partial charge on any atom is 0.0931 e. The van der Waals surface area contributed by atoms with E-state index in [1.165, 1.54) is 17.7 Å². The zero-order chi connectivity index (χ0) is 11.9. The Morgan fingerprint density at radius 3 is 3.00 bits per heavy atom. The van der Waals surface area contributed by atoms with Crippen LogP contribution in [0.4, 0.5) is 0 Å². The van der Waals surface area contributed by atoms with Crippen LogP contribution >= 0.6 is 22.9 Å². The molecule has 2 heterocycles. The fraction of sp³-hybridized carbons (Fsp3) is 0.692. The molecule has 0 aromatic carbocycles. The first-order valence-corrected chi connectivity index (χ1v) is 7.58. The molecule has 94 valence electrons. The molecule has 1 atom stereocenters. The number of rotatable bonds is 3. The van der Waals surface area contributed by atoms with Crippen LogP contribution in [0, 0.1) is 5.92 Å². The van der Waals surface area contributed by atoms with Gasteiger partial charge in [-0.3, -0.25) is 4.90 Å². The molecular formula is C13H19ClN2S. The van der Waals surface area contributed by atoms with Gasteiger partial charge in [0.25, 0.3) is 0 Å². The highest BCUT2D eigenvalue weighted by Gasteiger charge is 2.46. The summed E-state index contributed by atoms with van der Waals surface area (Å²) in [6.45, 7) is 6.89. The molecule has 3 rings (SSSR count). The Kier molecular flexibility index (Phi) is 3.20. The van der Waals surface area contributed by atoms with Gasteiger partial charge in [0.1, 0.15) is 0 Å².